The first-order valence-corrected chi connectivity index (χ1v) is 13.3. The van der Waals surface area contributed by atoms with Gasteiger partial charge >= 0.3 is 0 Å². The van der Waals surface area contributed by atoms with Gasteiger partial charge in [-0.2, -0.15) is 0 Å². The van der Waals surface area contributed by atoms with Gasteiger partial charge in [-0.3, -0.25) is 14.9 Å². The molecule has 2 aromatic carbocycles. The molecule has 6 heteroatoms. The van der Waals surface area contributed by atoms with Gasteiger partial charge in [0.05, 0.1) is 17.3 Å². The number of fused-ring (bicyclic) bond motifs is 1. The van der Waals surface area contributed by atoms with Crippen LogP contribution >= 0.6 is 11.6 Å². The second-order valence-electron chi connectivity index (χ2n) is 10.1. The minimum atomic E-state index is -0.117. The minimum absolute atomic E-state index is 0.110. The highest BCUT2D eigenvalue weighted by Gasteiger charge is 2.53. The lowest BCUT2D eigenvalue weighted by atomic mass is 9.72. The van der Waals surface area contributed by atoms with Gasteiger partial charge in [-0.05, 0) is 43.2 Å². The quantitative estimate of drug-likeness (QED) is 0.319. The molecule has 2 bridgehead atoms. The van der Waals surface area contributed by atoms with Crippen LogP contribution in [0.2, 0.25) is 5.02 Å². The fourth-order valence-corrected chi connectivity index (χ4v) is 6.05. The van der Waals surface area contributed by atoms with Gasteiger partial charge in [-0.15, -0.1) is 0 Å². The van der Waals surface area contributed by atoms with Crippen molar-refractivity contribution in [1.29, 1.82) is 5.41 Å². The van der Waals surface area contributed by atoms with Crippen molar-refractivity contribution in [1.82, 2.24) is 4.90 Å². The van der Waals surface area contributed by atoms with E-state index in [0.29, 0.717) is 40.4 Å². The number of para-hydroxylation sites is 1. The van der Waals surface area contributed by atoms with E-state index in [4.69, 9.17) is 27.0 Å². The molecule has 2 N–H and O–H groups in total. The Morgan fingerprint density at radius 2 is 1.97 bits per heavy atom. The molecule has 2 heterocycles. The van der Waals surface area contributed by atoms with Crippen molar-refractivity contribution in [2.75, 3.05) is 19.6 Å². The fourth-order valence-electron chi connectivity index (χ4n) is 5.65. The smallest absolute Gasteiger partial charge is 0.132 e. The van der Waals surface area contributed by atoms with Crippen molar-refractivity contribution in [3.05, 3.63) is 64.8 Å². The molecule has 0 amide bonds. The van der Waals surface area contributed by atoms with E-state index >= 15 is 0 Å². The van der Waals surface area contributed by atoms with E-state index < -0.39 is 0 Å². The second kappa shape index (κ2) is 11.1. The first kappa shape index (κ1) is 26.3. The number of hydrogen-bond donors (Lipinski definition) is 2. The van der Waals surface area contributed by atoms with E-state index in [-0.39, 0.29) is 11.7 Å². The zero-order chi connectivity index (χ0) is 25.9. The Hall–Kier alpha value is -2.76. The number of rotatable bonds is 11. The van der Waals surface area contributed by atoms with Crippen molar-refractivity contribution >= 4 is 29.7 Å². The summed E-state index contributed by atoms with van der Waals surface area (Å²) in [6.07, 6.45) is 7.72. The number of halogens is 1. The third-order valence-corrected chi connectivity index (χ3v) is 8.34. The van der Waals surface area contributed by atoms with E-state index in [9.17, 15) is 5.11 Å². The first-order chi connectivity index (χ1) is 17.3. The number of phenolic OH excluding ortho intramolecular Hbond substituents is 1. The maximum Gasteiger partial charge on any atom is 0.132 e. The highest BCUT2D eigenvalue weighted by Crippen LogP contribution is 2.52. The molecule has 0 radical (unpaired) electrons. The summed E-state index contributed by atoms with van der Waals surface area (Å²) in [5.41, 5.74) is 4.54. The average molecular weight is 505 g/mol. The fraction of sp³-hybridized carbons (Fsp3) is 0.433. The average Bonchev–Trinajstić information content (AvgIpc) is 3.40. The molecule has 1 unspecified atom stereocenters. The third kappa shape index (κ3) is 5.05. The molecule has 1 atom stereocenters. The number of nitrogens with one attached hydrogen (secondary N) is 1. The monoisotopic (exact) mass is 504 g/mol. The Balaban J connectivity index is 1.61. The van der Waals surface area contributed by atoms with Crippen LogP contribution in [0.5, 0.6) is 5.75 Å². The number of aliphatic imine (C=N–C) groups is 2. The number of allylic oxidation sites excluding steroid dienone is 1. The number of benzene rings is 2. The van der Waals surface area contributed by atoms with Crippen LogP contribution in [0.1, 0.15) is 63.5 Å². The summed E-state index contributed by atoms with van der Waals surface area (Å²) in [7, 11) is 0. The Kier molecular flexibility index (Phi) is 8.11. The second-order valence-corrected chi connectivity index (χ2v) is 10.5. The summed E-state index contributed by atoms with van der Waals surface area (Å²) in [4.78, 5) is 12.0. The van der Waals surface area contributed by atoms with Gasteiger partial charge in [0.1, 0.15) is 5.75 Å². The van der Waals surface area contributed by atoms with Crippen LogP contribution in [0.15, 0.2) is 58.7 Å². The van der Waals surface area contributed by atoms with Crippen LogP contribution in [-0.4, -0.2) is 53.3 Å². The lowest BCUT2D eigenvalue weighted by molar-refractivity contribution is 0.105. The van der Waals surface area contributed by atoms with Gasteiger partial charge in [-0.1, -0.05) is 69.3 Å². The Morgan fingerprint density at radius 1 is 1.25 bits per heavy atom. The molecular weight excluding hydrogens is 468 g/mol. The van der Waals surface area contributed by atoms with Crippen molar-refractivity contribution in [2.24, 2.45) is 15.9 Å². The minimum Gasteiger partial charge on any atom is -0.507 e. The molecule has 2 aromatic rings. The Labute approximate surface area is 220 Å². The molecular formula is C30H37ClN4O. The van der Waals surface area contributed by atoms with Gasteiger partial charge in [0.25, 0.3) is 0 Å². The summed E-state index contributed by atoms with van der Waals surface area (Å²) < 4.78 is 0. The van der Waals surface area contributed by atoms with Gasteiger partial charge < -0.3 is 10.5 Å². The molecule has 36 heavy (non-hydrogen) atoms. The Bertz CT molecular complexity index is 1200. The first-order valence-electron chi connectivity index (χ1n) is 13.0. The third-order valence-electron chi connectivity index (χ3n) is 7.92. The molecule has 2 aliphatic heterocycles. The van der Waals surface area contributed by atoms with Gasteiger partial charge in [0.2, 0.25) is 0 Å². The largest absolute Gasteiger partial charge is 0.507 e. The Morgan fingerprint density at radius 3 is 2.67 bits per heavy atom. The van der Waals surface area contributed by atoms with Gasteiger partial charge in [-0.25, -0.2) is 0 Å². The van der Waals surface area contributed by atoms with Crippen molar-refractivity contribution in [3.8, 4) is 16.9 Å². The summed E-state index contributed by atoms with van der Waals surface area (Å²) in [5, 5.41) is 19.5. The van der Waals surface area contributed by atoms with E-state index in [2.05, 4.69) is 18.4 Å². The number of nitrogens with zero attached hydrogens (tertiary/aromatic N) is 3. The number of hydrogen-bond acceptors (Lipinski definition) is 5. The zero-order valence-corrected chi connectivity index (χ0v) is 22.4. The molecule has 0 aromatic heterocycles. The van der Waals surface area contributed by atoms with Crippen LogP contribution in [-0.2, 0) is 0 Å². The van der Waals surface area contributed by atoms with E-state index in [1.165, 1.54) is 32.0 Å². The van der Waals surface area contributed by atoms with Crippen LogP contribution < -0.4 is 0 Å². The topological polar surface area (TPSA) is 72.0 Å². The van der Waals surface area contributed by atoms with E-state index in [0.717, 1.165) is 29.3 Å². The maximum absolute atomic E-state index is 11.4. The molecule has 1 aliphatic carbocycles. The summed E-state index contributed by atoms with van der Waals surface area (Å²) >= 11 is 6.74. The van der Waals surface area contributed by atoms with Gasteiger partial charge in [0.15, 0.2) is 0 Å². The molecule has 5 rings (SSSR count). The van der Waals surface area contributed by atoms with Crippen LogP contribution in [0.4, 0.5) is 0 Å². The van der Waals surface area contributed by atoms with Crippen molar-refractivity contribution < 1.29 is 5.11 Å². The van der Waals surface area contributed by atoms with Crippen molar-refractivity contribution in [2.45, 2.75) is 57.9 Å². The predicted octanol–water partition coefficient (Wildman–Crippen LogP) is 7.12. The highest BCUT2D eigenvalue weighted by molar-refractivity contribution is 6.39. The SMILES string of the molecule is C=C(CC)/N=C(\C=N/CCN1CC2CC1(CC)C2)c1cccc(-c2cccc(C(C)C=N)c2Cl)c1O. The molecule has 190 valence electrons. The van der Waals surface area contributed by atoms with Crippen molar-refractivity contribution in [3.63, 3.8) is 0 Å². The lowest BCUT2D eigenvalue weighted by Gasteiger charge is -2.41. The molecule has 3 fully saturated rings. The number of aromatic hydroxyl groups is 1. The highest BCUT2D eigenvalue weighted by atomic mass is 35.5. The predicted molar refractivity (Wildman–Crippen MR) is 152 cm³/mol. The lowest BCUT2D eigenvalue weighted by Crippen LogP contribution is -2.45. The molecule has 0 spiro atoms. The zero-order valence-electron chi connectivity index (χ0n) is 21.6. The molecule has 2 saturated heterocycles. The molecule has 3 aliphatic rings. The summed E-state index contributed by atoms with van der Waals surface area (Å²) in [6.45, 7) is 13.1. The van der Waals surface area contributed by atoms with E-state index in [1.807, 2.05) is 50.2 Å². The maximum atomic E-state index is 11.4. The summed E-state index contributed by atoms with van der Waals surface area (Å²) in [5.74, 6) is 0.859. The van der Waals surface area contributed by atoms with Crippen LogP contribution in [0.25, 0.3) is 11.1 Å². The molecule has 5 nitrogen and oxygen atoms in total. The van der Waals surface area contributed by atoms with Crippen LogP contribution in [0.3, 0.4) is 0 Å². The standard InChI is InChI=1S/C30H37ClN4O/c1-5-21(4)34-27(18-33-13-14-35-19-22-15-30(35,6-2)16-22)26-12-8-11-25(29(26)36)24-10-7-9-23(28(24)31)20(3)17-32/h7-12,17-18,20,22,32,36H,4-6,13-16,19H2,1-3H3/b32-17?,33-18-,34-27+. The number of phenols is 1. The molecule has 1 saturated carbocycles. The van der Waals surface area contributed by atoms with E-state index in [1.54, 1.807) is 6.21 Å². The summed E-state index contributed by atoms with van der Waals surface area (Å²) in [6, 6.07) is 11.3. The van der Waals surface area contributed by atoms with Gasteiger partial charge in [0, 0.05) is 59.4 Å². The normalized spacial score (nSPS) is 22.6. The van der Waals surface area contributed by atoms with Crippen LogP contribution in [0, 0.1) is 11.3 Å².